The van der Waals surface area contributed by atoms with E-state index in [-0.39, 0.29) is 0 Å². The third-order valence-corrected chi connectivity index (χ3v) is 3.52. The second-order valence-corrected chi connectivity index (χ2v) is 5.16. The standard InChI is InChI=1S/C13H15N3.C4H4O4/c14-16-9-12(10-5-7-15-8-6-10)11-3-1-2-4-13(11)16;5-3(6)1-2-4(7)8/h1-5,9,15H,6-8,14H2;1-2H,(H,5,6)(H,7,8)/b;2-1+. The van der Waals surface area contributed by atoms with Crippen molar-refractivity contribution in [2.45, 2.75) is 6.42 Å². The fourth-order valence-corrected chi connectivity index (χ4v) is 2.47. The van der Waals surface area contributed by atoms with Crippen molar-refractivity contribution in [3.05, 3.63) is 54.3 Å². The highest BCUT2D eigenvalue weighted by molar-refractivity contribution is 5.93. The molecule has 1 aromatic carbocycles. The number of nitrogen functional groups attached to an aromatic ring is 1. The van der Waals surface area contributed by atoms with Crippen molar-refractivity contribution in [3.8, 4) is 0 Å². The Morgan fingerprint density at radius 2 is 1.83 bits per heavy atom. The van der Waals surface area contributed by atoms with Crippen molar-refractivity contribution >= 4 is 28.4 Å². The van der Waals surface area contributed by atoms with Crippen LogP contribution >= 0.6 is 0 Å². The second-order valence-electron chi connectivity index (χ2n) is 5.16. The molecule has 0 unspecified atom stereocenters. The monoisotopic (exact) mass is 329 g/mol. The Morgan fingerprint density at radius 3 is 2.42 bits per heavy atom. The summed E-state index contributed by atoms with van der Waals surface area (Å²) in [5.74, 6) is 3.44. The topological polar surface area (TPSA) is 118 Å². The van der Waals surface area contributed by atoms with Crippen LogP contribution in [0.3, 0.4) is 0 Å². The molecule has 0 saturated carbocycles. The normalized spacial score (nSPS) is 14.1. The molecule has 1 aromatic heterocycles. The van der Waals surface area contributed by atoms with Crippen LogP contribution in [0.4, 0.5) is 0 Å². The number of aliphatic carboxylic acids is 2. The van der Waals surface area contributed by atoms with E-state index in [9.17, 15) is 9.59 Å². The lowest BCUT2D eigenvalue weighted by Crippen LogP contribution is -2.20. The predicted molar refractivity (Wildman–Crippen MR) is 92.0 cm³/mol. The van der Waals surface area contributed by atoms with Gasteiger partial charge < -0.3 is 21.4 Å². The van der Waals surface area contributed by atoms with Gasteiger partial charge in [-0.3, -0.25) is 4.68 Å². The van der Waals surface area contributed by atoms with Gasteiger partial charge in [0, 0.05) is 35.8 Å². The minimum absolute atomic E-state index is 0.558. The molecule has 126 valence electrons. The van der Waals surface area contributed by atoms with Gasteiger partial charge in [-0.2, -0.15) is 0 Å². The van der Waals surface area contributed by atoms with Crippen LogP contribution in [-0.4, -0.2) is 39.9 Å². The highest BCUT2D eigenvalue weighted by atomic mass is 16.4. The number of hydrogen-bond donors (Lipinski definition) is 4. The average molecular weight is 329 g/mol. The summed E-state index contributed by atoms with van der Waals surface area (Å²) in [4.78, 5) is 19.1. The lowest BCUT2D eigenvalue weighted by Gasteiger charge is -2.13. The third kappa shape index (κ3) is 4.47. The maximum Gasteiger partial charge on any atom is 0.328 e. The summed E-state index contributed by atoms with van der Waals surface area (Å²) in [7, 11) is 0. The molecule has 0 aliphatic carbocycles. The van der Waals surface area contributed by atoms with Gasteiger partial charge in [0.25, 0.3) is 0 Å². The number of carboxylic acids is 2. The number of aromatic nitrogens is 1. The van der Waals surface area contributed by atoms with Crippen molar-refractivity contribution in [1.29, 1.82) is 0 Å². The third-order valence-electron chi connectivity index (χ3n) is 3.52. The largest absolute Gasteiger partial charge is 0.478 e. The molecular formula is C17H19N3O4. The minimum Gasteiger partial charge on any atom is -0.478 e. The number of rotatable bonds is 3. The molecule has 0 amide bonds. The first kappa shape index (κ1) is 17.3. The molecule has 24 heavy (non-hydrogen) atoms. The summed E-state index contributed by atoms with van der Waals surface area (Å²) >= 11 is 0. The molecule has 2 heterocycles. The zero-order valence-electron chi connectivity index (χ0n) is 13.0. The molecule has 2 aromatic rings. The van der Waals surface area contributed by atoms with Crippen molar-refractivity contribution in [1.82, 2.24) is 9.99 Å². The Morgan fingerprint density at radius 1 is 1.17 bits per heavy atom. The Kier molecular flexibility index (Phi) is 5.75. The van der Waals surface area contributed by atoms with Crippen LogP contribution in [0.1, 0.15) is 12.0 Å². The molecule has 3 rings (SSSR count). The lowest BCUT2D eigenvalue weighted by atomic mass is 10.00. The molecule has 1 aliphatic heterocycles. The molecule has 7 nitrogen and oxygen atoms in total. The van der Waals surface area contributed by atoms with Crippen LogP contribution in [0, 0.1) is 0 Å². The number of nitrogens with zero attached hydrogens (tertiary/aromatic N) is 1. The molecule has 0 spiro atoms. The van der Waals surface area contributed by atoms with E-state index in [1.54, 1.807) is 4.68 Å². The number of para-hydroxylation sites is 1. The maximum absolute atomic E-state index is 9.55. The molecule has 0 radical (unpaired) electrons. The number of fused-ring (bicyclic) bond motifs is 1. The van der Waals surface area contributed by atoms with Crippen LogP contribution in [-0.2, 0) is 9.59 Å². The summed E-state index contributed by atoms with van der Waals surface area (Å²) in [6, 6.07) is 8.27. The number of benzene rings is 1. The average Bonchev–Trinajstić information content (AvgIpc) is 2.92. The van der Waals surface area contributed by atoms with Gasteiger partial charge in [0.2, 0.25) is 0 Å². The van der Waals surface area contributed by atoms with Gasteiger partial charge in [0.15, 0.2) is 0 Å². The van der Waals surface area contributed by atoms with Gasteiger partial charge in [0.05, 0.1) is 5.52 Å². The fraction of sp³-hybridized carbons (Fsp3) is 0.176. The maximum atomic E-state index is 9.55. The van der Waals surface area contributed by atoms with E-state index < -0.39 is 11.9 Å². The van der Waals surface area contributed by atoms with Crippen LogP contribution < -0.4 is 11.2 Å². The van der Waals surface area contributed by atoms with E-state index in [4.69, 9.17) is 16.1 Å². The summed E-state index contributed by atoms with van der Waals surface area (Å²) in [6.07, 6.45) is 6.48. The Labute approximate surface area is 138 Å². The first-order valence-corrected chi connectivity index (χ1v) is 7.38. The molecule has 5 N–H and O–H groups in total. The van der Waals surface area contributed by atoms with Crippen molar-refractivity contribution in [2.75, 3.05) is 18.9 Å². The predicted octanol–water partition coefficient (Wildman–Crippen LogP) is 1.44. The van der Waals surface area contributed by atoms with Gasteiger partial charge in [-0.1, -0.05) is 24.3 Å². The number of carbonyl (C=O) groups is 2. The fourth-order valence-electron chi connectivity index (χ4n) is 2.47. The number of hydrogen-bond acceptors (Lipinski definition) is 4. The summed E-state index contributed by atoms with van der Waals surface area (Å²) in [5, 5.41) is 20.2. The van der Waals surface area contributed by atoms with Gasteiger partial charge in [-0.05, 0) is 24.6 Å². The van der Waals surface area contributed by atoms with Crippen molar-refractivity contribution in [3.63, 3.8) is 0 Å². The van der Waals surface area contributed by atoms with Gasteiger partial charge in [-0.25, -0.2) is 9.59 Å². The smallest absolute Gasteiger partial charge is 0.328 e. The number of carboxylic acid groups (broad SMARTS) is 2. The van der Waals surface area contributed by atoms with Crippen molar-refractivity contribution < 1.29 is 19.8 Å². The zero-order valence-corrected chi connectivity index (χ0v) is 13.0. The van der Waals surface area contributed by atoms with Gasteiger partial charge >= 0.3 is 11.9 Å². The van der Waals surface area contributed by atoms with E-state index >= 15 is 0 Å². The molecule has 0 fully saturated rings. The number of nitrogens with one attached hydrogen (secondary N) is 1. The molecule has 0 saturated heterocycles. The first-order chi connectivity index (χ1) is 11.5. The molecule has 0 bridgehead atoms. The van der Waals surface area contributed by atoms with E-state index in [0.29, 0.717) is 12.2 Å². The lowest BCUT2D eigenvalue weighted by molar-refractivity contribution is -0.134. The van der Waals surface area contributed by atoms with Gasteiger partial charge in [-0.15, -0.1) is 0 Å². The summed E-state index contributed by atoms with van der Waals surface area (Å²) in [5.41, 5.74) is 3.77. The quantitative estimate of drug-likeness (QED) is 0.500. The Balaban J connectivity index is 0.000000224. The van der Waals surface area contributed by atoms with E-state index in [1.165, 1.54) is 16.5 Å². The molecule has 1 aliphatic rings. The van der Waals surface area contributed by atoms with Crippen molar-refractivity contribution in [2.24, 2.45) is 0 Å². The Hall–Kier alpha value is -3.06. The van der Waals surface area contributed by atoms with E-state index in [2.05, 4.69) is 29.6 Å². The van der Waals surface area contributed by atoms with Crippen LogP contribution in [0.25, 0.3) is 16.5 Å². The second kappa shape index (κ2) is 7.98. The Bertz CT molecular complexity index is 789. The highest BCUT2D eigenvalue weighted by Gasteiger charge is 2.12. The highest BCUT2D eigenvalue weighted by Crippen LogP contribution is 2.28. The molecule has 0 atom stereocenters. The zero-order chi connectivity index (χ0) is 17.5. The summed E-state index contributed by atoms with van der Waals surface area (Å²) in [6.45, 7) is 2.01. The van der Waals surface area contributed by atoms with Crippen LogP contribution in [0.2, 0.25) is 0 Å². The first-order valence-electron chi connectivity index (χ1n) is 7.38. The van der Waals surface area contributed by atoms with Gasteiger partial charge in [0.1, 0.15) is 0 Å². The van der Waals surface area contributed by atoms with E-state index in [1.807, 2.05) is 12.3 Å². The van der Waals surface area contributed by atoms with E-state index in [0.717, 1.165) is 25.0 Å². The molecule has 7 heteroatoms. The SMILES string of the molecule is Nn1cc(C2=CCNCC2)c2ccccc21.O=C(O)/C=C/C(=O)O. The summed E-state index contributed by atoms with van der Waals surface area (Å²) < 4.78 is 1.72. The minimum atomic E-state index is -1.26. The van der Waals surface area contributed by atoms with Crippen LogP contribution in [0.15, 0.2) is 48.7 Å². The number of nitrogens with two attached hydrogens (primary N) is 1. The molecular weight excluding hydrogens is 310 g/mol. The van der Waals surface area contributed by atoms with Crippen LogP contribution in [0.5, 0.6) is 0 Å².